The van der Waals surface area contributed by atoms with Gasteiger partial charge < -0.3 is 9.64 Å². The number of alkyl halides is 3. The molecule has 0 aliphatic carbocycles. The van der Waals surface area contributed by atoms with E-state index >= 15 is 0 Å². The number of pyridine rings is 1. The summed E-state index contributed by atoms with van der Waals surface area (Å²) in [5.74, 6) is 0.229. The minimum atomic E-state index is -4.49. The van der Waals surface area contributed by atoms with Crippen LogP contribution in [0.4, 0.5) is 19.0 Å². The number of aromatic nitrogens is 1. The molecule has 1 aliphatic rings. The van der Waals surface area contributed by atoms with Crippen molar-refractivity contribution in [3.05, 3.63) is 77.4 Å². The van der Waals surface area contributed by atoms with E-state index in [-0.39, 0.29) is 5.56 Å². The van der Waals surface area contributed by atoms with Gasteiger partial charge in [-0.2, -0.15) is 13.2 Å². The Kier molecular flexibility index (Phi) is 5.55. The van der Waals surface area contributed by atoms with E-state index in [0.29, 0.717) is 26.3 Å². The maximum Gasteiger partial charge on any atom is 0.416 e. The molecule has 1 fully saturated rings. The molecule has 7 heteroatoms. The van der Waals surface area contributed by atoms with Gasteiger partial charge in [0.1, 0.15) is 5.82 Å². The van der Waals surface area contributed by atoms with E-state index in [4.69, 9.17) is 9.72 Å². The van der Waals surface area contributed by atoms with Gasteiger partial charge in [0.2, 0.25) is 0 Å². The van der Waals surface area contributed by atoms with E-state index in [2.05, 4.69) is 4.90 Å². The highest BCUT2D eigenvalue weighted by Gasteiger charge is 2.30. The number of rotatable bonds is 4. The highest BCUT2D eigenvalue weighted by Crippen LogP contribution is 2.30. The first-order chi connectivity index (χ1) is 14.4. The number of ether oxygens (including phenoxy) is 1. The molecule has 0 N–H and O–H groups in total. The summed E-state index contributed by atoms with van der Waals surface area (Å²) < 4.78 is 44.2. The average molecular weight is 412 g/mol. The molecule has 0 unspecified atom stereocenters. The van der Waals surface area contributed by atoms with Crippen LogP contribution in [-0.4, -0.2) is 37.1 Å². The number of anilines is 1. The van der Waals surface area contributed by atoms with E-state index < -0.39 is 17.5 Å². The fourth-order valence-electron chi connectivity index (χ4n) is 3.38. The van der Waals surface area contributed by atoms with Crippen LogP contribution in [0.3, 0.4) is 0 Å². The first-order valence-electron chi connectivity index (χ1n) is 9.54. The summed E-state index contributed by atoms with van der Waals surface area (Å²) in [6.45, 7) is 2.52. The van der Waals surface area contributed by atoms with Crippen molar-refractivity contribution in [1.29, 1.82) is 0 Å². The molecular weight excluding hydrogens is 393 g/mol. The molecule has 0 bridgehead atoms. The summed E-state index contributed by atoms with van der Waals surface area (Å²) >= 11 is 0. The van der Waals surface area contributed by atoms with Gasteiger partial charge >= 0.3 is 6.18 Å². The van der Waals surface area contributed by atoms with Crippen molar-refractivity contribution < 1.29 is 22.7 Å². The van der Waals surface area contributed by atoms with E-state index in [9.17, 15) is 18.0 Å². The van der Waals surface area contributed by atoms with Crippen LogP contribution >= 0.6 is 0 Å². The molecule has 0 radical (unpaired) electrons. The van der Waals surface area contributed by atoms with Crippen LogP contribution in [0, 0.1) is 0 Å². The molecule has 154 valence electrons. The second kappa shape index (κ2) is 8.28. The molecule has 4 rings (SSSR count). The number of fused-ring (bicyclic) bond motifs is 1. The van der Waals surface area contributed by atoms with E-state index in [1.807, 2.05) is 30.3 Å². The molecular formula is C23H19F3N2O2. The molecule has 1 aliphatic heterocycles. The zero-order chi connectivity index (χ0) is 21.1. The largest absolute Gasteiger partial charge is 0.416 e. The molecule has 0 atom stereocenters. The number of carbonyl (C=O) groups excluding carboxylic acids is 1. The Bertz CT molecular complexity index is 1100. The number of morpholine rings is 1. The molecule has 1 saturated heterocycles. The number of para-hydroxylation sites is 1. The number of benzene rings is 2. The third kappa shape index (κ3) is 4.36. The number of allylic oxidation sites excluding steroid dienone is 1. The quantitative estimate of drug-likeness (QED) is 0.448. The van der Waals surface area contributed by atoms with Crippen molar-refractivity contribution in [3.8, 4) is 0 Å². The summed E-state index contributed by atoms with van der Waals surface area (Å²) in [6.07, 6.45) is -1.58. The number of carbonyl (C=O) groups is 1. The molecule has 0 saturated carbocycles. The normalized spacial score (nSPS) is 15.1. The summed E-state index contributed by atoms with van der Waals surface area (Å²) in [5, 5.41) is 0.917. The van der Waals surface area contributed by atoms with Gasteiger partial charge in [-0.15, -0.1) is 0 Å². The van der Waals surface area contributed by atoms with Crippen molar-refractivity contribution in [3.63, 3.8) is 0 Å². The van der Waals surface area contributed by atoms with Crippen molar-refractivity contribution in [2.75, 3.05) is 31.2 Å². The van der Waals surface area contributed by atoms with Gasteiger partial charge in [0.25, 0.3) is 0 Å². The third-order valence-corrected chi connectivity index (χ3v) is 4.93. The third-order valence-electron chi connectivity index (χ3n) is 4.93. The summed E-state index contributed by atoms with van der Waals surface area (Å²) in [4.78, 5) is 19.4. The zero-order valence-electron chi connectivity index (χ0n) is 16.0. The topological polar surface area (TPSA) is 42.4 Å². The molecule has 0 amide bonds. The predicted octanol–water partition coefficient (Wildman–Crippen LogP) is 4.99. The van der Waals surface area contributed by atoms with Crippen LogP contribution in [0.5, 0.6) is 0 Å². The lowest BCUT2D eigenvalue weighted by atomic mass is 10.0. The molecule has 2 aromatic carbocycles. The molecule has 0 spiro atoms. The number of halogens is 3. The Hall–Kier alpha value is -3.19. The van der Waals surface area contributed by atoms with Crippen molar-refractivity contribution in [2.24, 2.45) is 0 Å². The van der Waals surface area contributed by atoms with E-state index in [1.54, 1.807) is 6.08 Å². The Morgan fingerprint density at radius 2 is 1.80 bits per heavy atom. The monoisotopic (exact) mass is 412 g/mol. The van der Waals surface area contributed by atoms with Crippen molar-refractivity contribution in [2.45, 2.75) is 6.18 Å². The number of hydrogen-bond donors (Lipinski definition) is 0. The SMILES string of the molecule is O=C(C=Cc1cc2ccccc2nc1N1CCOCC1)c1cccc(C(F)(F)F)c1. The standard InChI is InChI=1S/C23H19F3N2O2/c24-23(25,26)19-6-3-5-17(15-19)21(29)9-8-18-14-16-4-1-2-7-20(16)27-22(18)28-10-12-30-13-11-28/h1-9,14-15H,10-13H2. The smallest absolute Gasteiger partial charge is 0.378 e. The zero-order valence-corrected chi connectivity index (χ0v) is 16.0. The fourth-order valence-corrected chi connectivity index (χ4v) is 3.38. The summed E-state index contributed by atoms with van der Waals surface area (Å²) in [7, 11) is 0. The Labute approximate surface area is 171 Å². The van der Waals surface area contributed by atoms with Gasteiger partial charge in [-0.1, -0.05) is 30.3 Å². The van der Waals surface area contributed by atoms with Gasteiger partial charge in [0, 0.05) is 29.6 Å². The average Bonchev–Trinajstić information content (AvgIpc) is 2.77. The lowest BCUT2D eigenvalue weighted by Crippen LogP contribution is -2.37. The van der Waals surface area contributed by atoms with Gasteiger partial charge in [-0.3, -0.25) is 4.79 Å². The lowest BCUT2D eigenvalue weighted by Gasteiger charge is -2.29. The van der Waals surface area contributed by atoms with Crippen LogP contribution in [-0.2, 0) is 10.9 Å². The van der Waals surface area contributed by atoms with Crippen LogP contribution in [0.15, 0.2) is 60.7 Å². The second-order valence-electron chi connectivity index (χ2n) is 6.97. The second-order valence-corrected chi connectivity index (χ2v) is 6.97. The lowest BCUT2D eigenvalue weighted by molar-refractivity contribution is -0.137. The fraction of sp³-hybridized carbons (Fsp3) is 0.217. The summed E-state index contributed by atoms with van der Waals surface area (Å²) in [5.41, 5.74) is 0.710. The van der Waals surface area contributed by atoms with Gasteiger partial charge in [-0.05, 0) is 36.4 Å². The molecule has 4 nitrogen and oxygen atoms in total. The molecule has 30 heavy (non-hydrogen) atoms. The minimum absolute atomic E-state index is 0.0113. The highest BCUT2D eigenvalue weighted by molar-refractivity contribution is 6.07. The Balaban J connectivity index is 1.68. The number of ketones is 1. The maximum atomic E-state index is 12.9. The first-order valence-corrected chi connectivity index (χ1v) is 9.54. The number of nitrogens with zero attached hydrogens (tertiary/aromatic N) is 2. The van der Waals surface area contributed by atoms with Crippen molar-refractivity contribution in [1.82, 2.24) is 4.98 Å². The van der Waals surface area contributed by atoms with Gasteiger partial charge in [0.05, 0.1) is 24.3 Å². The minimum Gasteiger partial charge on any atom is -0.378 e. The van der Waals surface area contributed by atoms with Crippen LogP contribution in [0.2, 0.25) is 0 Å². The maximum absolute atomic E-state index is 12.9. The number of hydrogen-bond acceptors (Lipinski definition) is 4. The van der Waals surface area contributed by atoms with Gasteiger partial charge in [-0.25, -0.2) is 4.98 Å². The molecule has 1 aromatic heterocycles. The molecule has 3 aromatic rings. The summed E-state index contributed by atoms with van der Waals surface area (Å²) in [6, 6.07) is 14.0. The van der Waals surface area contributed by atoms with E-state index in [1.165, 1.54) is 18.2 Å². The Morgan fingerprint density at radius 1 is 1.03 bits per heavy atom. The Morgan fingerprint density at radius 3 is 2.57 bits per heavy atom. The van der Waals surface area contributed by atoms with Crippen molar-refractivity contribution >= 4 is 28.6 Å². The highest BCUT2D eigenvalue weighted by atomic mass is 19.4. The van der Waals surface area contributed by atoms with Crippen LogP contribution in [0.1, 0.15) is 21.5 Å². The van der Waals surface area contributed by atoms with E-state index in [0.717, 1.165) is 34.4 Å². The van der Waals surface area contributed by atoms with Crippen LogP contribution < -0.4 is 4.90 Å². The predicted molar refractivity (Wildman–Crippen MR) is 110 cm³/mol. The van der Waals surface area contributed by atoms with Crippen LogP contribution in [0.25, 0.3) is 17.0 Å². The van der Waals surface area contributed by atoms with Gasteiger partial charge in [0.15, 0.2) is 5.78 Å². The first kappa shape index (κ1) is 20.1. The molecule has 2 heterocycles.